The Hall–Kier alpha value is -3.43. The van der Waals surface area contributed by atoms with E-state index < -0.39 is 0 Å². The van der Waals surface area contributed by atoms with Crippen LogP contribution in [0.25, 0.3) is 0 Å². The molecule has 1 aliphatic rings. The maximum atomic E-state index is 12.2. The van der Waals surface area contributed by atoms with Gasteiger partial charge in [-0.2, -0.15) is 10.5 Å². The van der Waals surface area contributed by atoms with Gasteiger partial charge in [-0.15, -0.1) is 0 Å². The second-order valence-corrected chi connectivity index (χ2v) is 6.16. The Labute approximate surface area is 153 Å². The molecular formula is C17H13N5O3S. The molecule has 0 atom stereocenters. The molecule has 2 aromatic rings. The molecule has 0 saturated carbocycles. The average molecular weight is 367 g/mol. The molecule has 0 bridgehead atoms. The molecule has 9 heteroatoms. The summed E-state index contributed by atoms with van der Waals surface area (Å²) in [6.45, 7) is 0.959. The van der Waals surface area contributed by atoms with Crippen LogP contribution in [-0.4, -0.2) is 29.9 Å². The number of benzene rings is 1. The van der Waals surface area contributed by atoms with Crippen molar-refractivity contribution in [3.8, 4) is 23.6 Å². The van der Waals surface area contributed by atoms with E-state index in [0.717, 1.165) is 11.8 Å². The molecule has 0 saturated heterocycles. The lowest BCUT2D eigenvalue weighted by atomic mass is 10.2. The normalized spacial score (nSPS) is 11.9. The number of aromatic nitrogens is 1. The first-order chi connectivity index (χ1) is 12.6. The number of ether oxygens (including phenoxy) is 2. The van der Waals surface area contributed by atoms with Crippen LogP contribution in [0.15, 0.2) is 29.3 Å². The summed E-state index contributed by atoms with van der Waals surface area (Å²) in [5, 5.41) is 21.1. The van der Waals surface area contributed by atoms with Crippen LogP contribution in [0.5, 0.6) is 11.5 Å². The van der Waals surface area contributed by atoms with E-state index in [9.17, 15) is 4.79 Å². The number of rotatable bonds is 4. The summed E-state index contributed by atoms with van der Waals surface area (Å²) in [6.07, 6.45) is 0. The Morgan fingerprint density at radius 1 is 1.19 bits per heavy atom. The minimum Gasteiger partial charge on any atom is -0.486 e. The molecule has 0 fully saturated rings. The number of thioether (sulfide) groups is 1. The van der Waals surface area contributed by atoms with Crippen LogP contribution in [0, 0.1) is 22.7 Å². The fourth-order valence-corrected chi connectivity index (χ4v) is 3.00. The second-order valence-electron chi connectivity index (χ2n) is 5.19. The van der Waals surface area contributed by atoms with Crippen molar-refractivity contribution >= 4 is 29.2 Å². The largest absolute Gasteiger partial charge is 0.486 e. The molecule has 0 aliphatic carbocycles. The van der Waals surface area contributed by atoms with Crippen molar-refractivity contribution in [3.05, 3.63) is 35.4 Å². The van der Waals surface area contributed by atoms with E-state index in [4.69, 9.17) is 25.7 Å². The molecule has 26 heavy (non-hydrogen) atoms. The summed E-state index contributed by atoms with van der Waals surface area (Å²) in [4.78, 5) is 16.2. The number of carbonyl (C=O) groups excluding carboxylic acids is 1. The van der Waals surface area contributed by atoms with Crippen molar-refractivity contribution in [2.45, 2.75) is 5.03 Å². The van der Waals surface area contributed by atoms with Crippen LogP contribution >= 0.6 is 11.8 Å². The highest BCUT2D eigenvalue weighted by Gasteiger charge is 2.15. The van der Waals surface area contributed by atoms with E-state index in [-0.39, 0.29) is 28.6 Å². The fraction of sp³-hybridized carbons (Fsp3) is 0.176. The highest BCUT2D eigenvalue weighted by molar-refractivity contribution is 8.00. The van der Waals surface area contributed by atoms with Gasteiger partial charge in [-0.25, -0.2) is 4.98 Å². The maximum absolute atomic E-state index is 12.2. The third-order valence-electron chi connectivity index (χ3n) is 3.42. The van der Waals surface area contributed by atoms with Gasteiger partial charge in [0.2, 0.25) is 5.91 Å². The molecule has 2 heterocycles. The molecule has 8 nitrogen and oxygen atoms in total. The minimum atomic E-state index is -0.278. The number of hydrogen-bond donors (Lipinski definition) is 2. The first-order valence-electron chi connectivity index (χ1n) is 7.53. The van der Waals surface area contributed by atoms with Crippen molar-refractivity contribution in [2.75, 3.05) is 30.0 Å². The molecule has 3 rings (SSSR count). The molecule has 1 aliphatic heterocycles. The van der Waals surface area contributed by atoms with Crippen LogP contribution in [0.1, 0.15) is 11.1 Å². The van der Waals surface area contributed by atoms with Gasteiger partial charge in [-0.3, -0.25) is 4.79 Å². The number of fused-ring (bicyclic) bond motifs is 1. The Morgan fingerprint density at radius 3 is 2.65 bits per heavy atom. The maximum Gasteiger partial charge on any atom is 0.234 e. The van der Waals surface area contributed by atoms with Crippen LogP contribution in [0.4, 0.5) is 11.5 Å². The topological polar surface area (TPSA) is 134 Å². The van der Waals surface area contributed by atoms with Gasteiger partial charge in [0.15, 0.2) is 11.5 Å². The Balaban J connectivity index is 1.65. The van der Waals surface area contributed by atoms with Gasteiger partial charge in [-0.1, -0.05) is 11.8 Å². The van der Waals surface area contributed by atoms with Gasteiger partial charge in [0, 0.05) is 11.8 Å². The van der Waals surface area contributed by atoms with Crippen molar-refractivity contribution in [1.82, 2.24) is 4.98 Å². The average Bonchev–Trinajstić information content (AvgIpc) is 2.66. The molecule has 0 radical (unpaired) electrons. The third-order valence-corrected chi connectivity index (χ3v) is 4.42. The van der Waals surface area contributed by atoms with E-state index in [0.29, 0.717) is 35.4 Å². The zero-order valence-corrected chi connectivity index (χ0v) is 14.3. The van der Waals surface area contributed by atoms with Gasteiger partial charge in [-0.05, 0) is 18.2 Å². The highest BCUT2D eigenvalue weighted by Crippen LogP contribution is 2.32. The van der Waals surface area contributed by atoms with E-state index in [1.807, 2.05) is 12.1 Å². The molecular weight excluding hydrogens is 354 g/mol. The van der Waals surface area contributed by atoms with Crippen LogP contribution in [0.2, 0.25) is 0 Å². The summed E-state index contributed by atoms with van der Waals surface area (Å²) in [5.74, 6) is 0.998. The number of anilines is 2. The van der Waals surface area contributed by atoms with Crippen molar-refractivity contribution in [3.63, 3.8) is 0 Å². The number of carbonyl (C=O) groups is 1. The summed E-state index contributed by atoms with van der Waals surface area (Å²) < 4.78 is 10.9. The molecule has 130 valence electrons. The van der Waals surface area contributed by atoms with Crippen LogP contribution in [-0.2, 0) is 4.79 Å². The number of nitrogens with one attached hydrogen (secondary N) is 1. The van der Waals surface area contributed by atoms with Gasteiger partial charge in [0.25, 0.3) is 0 Å². The lowest BCUT2D eigenvalue weighted by Crippen LogP contribution is -2.17. The van der Waals surface area contributed by atoms with Crippen LogP contribution in [0.3, 0.4) is 0 Å². The van der Waals surface area contributed by atoms with E-state index in [1.165, 1.54) is 6.07 Å². The molecule has 3 N–H and O–H groups in total. The lowest BCUT2D eigenvalue weighted by Gasteiger charge is -2.19. The SMILES string of the molecule is N#Cc1cc(C#N)c(SCC(=O)Nc2ccc3c(c2)OCCO3)nc1N. The van der Waals surface area contributed by atoms with Gasteiger partial charge in [0.05, 0.1) is 16.9 Å². The van der Waals surface area contributed by atoms with Gasteiger partial charge < -0.3 is 20.5 Å². The molecule has 0 unspecified atom stereocenters. The van der Waals surface area contributed by atoms with Gasteiger partial charge in [0.1, 0.15) is 36.2 Å². The number of nitriles is 2. The summed E-state index contributed by atoms with van der Waals surface area (Å²) in [6, 6.07) is 10.3. The zero-order chi connectivity index (χ0) is 18.5. The molecule has 0 spiro atoms. The standard InChI is InChI=1S/C17H13N5O3S/c18-7-10-5-11(8-19)17(22-16(10)20)26-9-15(23)21-12-1-2-13-14(6-12)25-4-3-24-13/h1-2,5-6H,3-4,9H2,(H2,20,22)(H,21,23). The fourth-order valence-electron chi connectivity index (χ4n) is 2.24. The van der Waals surface area contributed by atoms with Crippen molar-refractivity contribution in [1.29, 1.82) is 10.5 Å². The summed E-state index contributed by atoms with van der Waals surface area (Å²) in [5.41, 5.74) is 6.58. The Morgan fingerprint density at radius 2 is 1.92 bits per heavy atom. The van der Waals surface area contributed by atoms with Crippen molar-refractivity contribution < 1.29 is 14.3 Å². The highest BCUT2D eigenvalue weighted by atomic mass is 32.2. The van der Waals surface area contributed by atoms with Crippen molar-refractivity contribution in [2.24, 2.45) is 0 Å². The first kappa shape index (κ1) is 17.4. The smallest absolute Gasteiger partial charge is 0.234 e. The zero-order valence-electron chi connectivity index (χ0n) is 13.5. The number of amides is 1. The summed E-state index contributed by atoms with van der Waals surface area (Å²) in [7, 11) is 0. The molecule has 1 aromatic carbocycles. The number of hydrogen-bond acceptors (Lipinski definition) is 8. The lowest BCUT2D eigenvalue weighted by molar-refractivity contribution is -0.113. The Kier molecular flexibility index (Phi) is 5.11. The minimum absolute atomic E-state index is 0.0289. The molecule has 1 aromatic heterocycles. The number of nitrogen functional groups attached to an aromatic ring is 1. The number of nitrogens with two attached hydrogens (primary N) is 1. The monoisotopic (exact) mass is 367 g/mol. The van der Waals surface area contributed by atoms with Gasteiger partial charge >= 0.3 is 0 Å². The van der Waals surface area contributed by atoms with E-state index in [1.54, 1.807) is 18.2 Å². The number of nitrogens with zero attached hydrogens (tertiary/aromatic N) is 3. The van der Waals surface area contributed by atoms with E-state index >= 15 is 0 Å². The summed E-state index contributed by atoms with van der Waals surface area (Å²) >= 11 is 1.07. The number of pyridine rings is 1. The second kappa shape index (κ2) is 7.64. The predicted molar refractivity (Wildman–Crippen MR) is 94.9 cm³/mol. The van der Waals surface area contributed by atoms with E-state index in [2.05, 4.69) is 10.3 Å². The first-order valence-corrected chi connectivity index (χ1v) is 8.52. The van der Waals surface area contributed by atoms with Crippen LogP contribution < -0.4 is 20.5 Å². The Bertz CT molecular complexity index is 949. The third kappa shape index (κ3) is 3.79. The molecule has 1 amide bonds. The predicted octanol–water partition coefficient (Wildman–Crippen LogP) is 1.91. The quantitative estimate of drug-likeness (QED) is 0.783.